The molecular weight excluding hydrogens is 373 g/mol. The van der Waals surface area contributed by atoms with Gasteiger partial charge in [-0.3, -0.25) is 18.8 Å². The van der Waals surface area contributed by atoms with E-state index in [0.717, 1.165) is 35.3 Å². The highest BCUT2D eigenvalue weighted by molar-refractivity contribution is 5.71. The van der Waals surface area contributed by atoms with Crippen LogP contribution in [-0.2, 0) is 27.2 Å². The molecule has 29 heavy (non-hydrogen) atoms. The summed E-state index contributed by atoms with van der Waals surface area (Å²) in [6, 6.07) is 6.68. The first-order chi connectivity index (χ1) is 13.9. The molecule has 154 valence electrons. The van der Waals surface area contributed by atoms with Gasteiger partial charge >= 0.3 is 5.69 Å². The van der Waals surface area contributed by atoms with Crippen molar-refractivity contribution in [3.63, 3.8) is 0 Å². The van der Waals surface area contributed by atoms with E-state index in [-0.39, 0.29) is 11.4 Å². The van der Waals surface area contributed by atoms with Crippen molar-refractivity contribution < 1.29 is 4.39 Å². The van der Waals surface area contributed by atoms with Crippen molar-refractivity contribution in [2.45, 2.75) is 45.3 Å². The van der Waals surface area contributed by atoms with Crippen LogP contribution in [0.5, 0.6) is 0 Å². The second-order valence-corrected chi connectivity index (χ2v) is 7.93. The summed E-state index contributed by atoms with van der Waals surface area (Å²) in [4.78, 5) is 32.4. The molecule has 1 unspecified atom stereocenters. The number of piperidine rings is 1. The lowest BCUT2D eigenvalue weighted by atomic mass is 10.0. The molecule has 3 heterocycles. The first kappa shape index (κ1) is 19.6. The molecule has 8 heteroatoms. The van der Waals surface area contributed by atoms with E-state index in [0.29, 0.717) is 30.3 Å². The number of hydrogen-bond donors (Lipinski definition) is 0. The van der Waals surface area contributed by atoms with E-state index < -0.39 is 5.69 Å². The first-order valence-corrected chi connectivity index (χ1v) is 10.0. The van der Waals surface area contributed by atoms with Gasteiger partial charge in [-0.15, -0.1) is 0 Å². The van der Waals surface area contributed by atoms with Crippen LogP contribution < -0.4 is 11.2 Å². The smallest absolute Gasteiger partial charge is 0.317 e. The predicted octanol–water partition coefficient (Wildman–Crippen LogP) is 2.00. The summed E-state index contributed by atoms with van der Waals surface area (Å²) < 4.78 is 17.8. The van der Waals surface area contributed by atoms with E-state index in [1.54, 1.807) is 19.2 Å². The fourth-order valence-corrected chi connectivity index (χ4v) is 4.13. The van der Waals surface area contributed by atoms with E-state index in [1.807, 2.05) is 4.57 Å². The van der Waals surface area contributed by atoms with Gasteiger partial charge in [-0.2, -0.15) is 0 Å². The molecule has 1 fully saturated rings. The minimum atomic E-state index is -0.396. The summed E-state index contributed by atoms with van der Waals surface area (Å²) in [6.07, 6.45) is 3.50. The molecule has 0 spiro atoms. The first-order valence-electron chi connectivity index (χ1n) is 10.0. The van der Waals surface area contributed by atoms with Gasteiger partial charge in [0.25, 0.3) is 5.56 Å². The zero-order chi connectivity index (χ0) is 20.7. The Bertz CT molecular complexity index is 1160. The molecule has 1 aliphatic rings. The maximum absolute atomic E-state index is 13.3. The third-order valence-corrected chi connectivity index (χ3v) is 5.97. The number of hydrogen-bond acceptors (Lipinski definition) is 4. The maximum Gasteiger partial charge on any atom is 0.332 e. The van der Waals surface area contributed by atoms with E-state index in [2.05, 4.69) is 11.8 Å². The second kappa shape index (κ2) is 7.59. The Morgan fingerprint density at radius 1 is 1.07 bits per heavy atom. The molecule has 0 radical (unpaired) electrons. The molecule has 4 rings (SSSR count). The van der Waals surface area contributed by atoms with Gasteiger partial charge in [0, 0.05) is 26.7 Å². The van der Waals surface area contributed by atoms with Gasteiger partial charge < -0.3 is 4.57 Å². The fourth-order valence-electron chi connectivity index (χ4n) is 4.13. The minimum absolute atomic E-state index is 0.301. The van der Waals surface area contributed by atoms with Crippen LogP contribution in [-0.4, -0.2) is 36.2 Å². The lowest BCUT2D eigenvalue weighted by molar-refractivity contribution is 0.147. The Morgan fingerprint density at radius 3 is 2.48 bits per heavy atom. The van der Waals surface area contributed by atoms with Crippen LogP contribution in [0.25, 0.3) is 11.2 Å². The summed E-state index contributed by atoms with van der Waals surface area (Å²) in [5.41, 5.74) is 0.899. The summed E-state index contributed by atoms with van der Waals surface area (Å²) in [5.74, 6) is 0.446. The molecule has 1 aliphatic heterocycles. The van der Waals surface area contributed by atoms with Crippen molar-refractivity contribution in [3.05, 3.63) is 62.3 Å². The van der Waals surface area contributed by atoms with Crippen LogP contribution in [0.15, 0.2) is 33.9 Å². The molecule has 2 aromatic heterocycles. The van der Waals surface area contributed by atoms with Crippen LogP contribution in [0.4, 0.5) is 4.39 Å². The van der Waals surface area contributed by atoms with Crippen LogP contribution in [0.3, 0.4) is 0 Å². The van der Waals surface area contributed by atoms with Crippen molar-refractivity contribution >= 4 is 11.2 Å². The molecule has 0 N–H and O–H groups in total. The van der Waals surface area contributed by atoms with Crippen molar-refractivity contribution in [1.29, 1.82) is 0 Å². The highest BCUT2D eigenvalue weighted by Gasteiger charge is 2.24. The number of halogens is 1. The Balaban J connectivity index is 1.87. The third-order valence-electron chi connectivity index (χ3n) is 5.97. The molecule has 7 nitrogen and oxygen atoms in total. The van der Waals surface area contributed by atoms with Gasteiger partial charge in [0.1, 0.15) is 11.6 Å². The number of imidazole rings is 1. The van der Waals surface area contributed by atoms with Gasteiger partial charge in [0.05, 0.1) is 6.54 Å². The van der Waals surface area contributed by atoms with E-state index >= 15 is 0 Å². The Morgan fingerprint density at radius 2 is 1.79 bits per heavy atom. The highest BCUT2D eigenvalue weighted by atomic mass is 19.1. The highest BCUT2D eigenvalue weighted by Crippen LogP contribution is 2.21. The minimum Gasteiger partial charge on any atom is -0.317 e. The zero-order valence-corrected chi connectivity index (χ0v) is 17.1. The lowest BCUT2D eigenvalue weighted by Gasteiger charge is -2.33. The summed E-state index contributed by atoms with van der Waals surface area (Å²) in [5, 5.41) is 0. The number of aromatic nitrogens is 4. The van der Waals surface area contributed by atoms with E-state index in [9.17, 15) is 14.0 Å². The molecule has 0 amide bonds. The second-order valence-electron chi connectivity index (χ2n) is 7.93. The molecular formula is C21H26FN5O2. The SMILES string of the molecule is CC1CCCCN1Cc1nc2c(c(=O)n(C)c(=O)n2C)n1Cc1ccc(F)cc1. The predicted molar refractivity (Wildman–Crippen MR) is 109 cm³/mol. The standard InChI is InChI=1S/C21H26FN5O2/c1-14-6-4-5-11-26(14)13-17-23-19-18(20(28)25(3)21(29)24(19)2)27(17)12-15-7-9-16(22)10-8-15/h7-10,14H,4-6,11-13H2,1-3H3. The monoisotopic (exact) mass is 399 g/mol. The molecule has 1 atom stereocenters. The van der Waals surface area contributed by atoms with Gasteiger partial charge in [-0.05, 0) is 44.0 Å². The van der Waals surface area contributed by atoms with Gasteiger partial charge in [-0.1, -0.05) is 18.6 Å². The number of fused-ring (bicyclic) bond motifs is 1. The summed E-state index contributed by atoms with van der Waals surface area (Å²) in [6.45, 7) is 4.19. The molecule has 0 saturated carbocycles. The molecule has 1 aromatic carbocycles. The van der Waals surface area contributed by atoms with Crippen molar-refractivity contribution in [2.75, 3.05) is 6.54 Å². The number of benzene rings is 1. The topological polar surface area (TPSA) is 65.1 Å². The summed E-state index contributed by atoms with van der Waals surface area (Å²) >= 11 is 0. The van der Waals surface area contributed by atoms with Crippen LogP contribution in [0.1, 0.15) is 37.6 Å². The normalized spacial score (nSPS) is 17.9. The van der Waals surface area contributed by atoms with Crippen LogP contribution in [0, 0.1) is 5.82 Å². The van der Waals surface area contributed by atoms with E-state index in [4.69, 9.17) is 4.98 Å². The van der Waals surface area contributed by atoms with Gasteiger partial charge in [0.15, 0.2) is 11.2 Å². The molecule has 0 bridgehead atoms. The van der Waals surface area contributed by atoms with Crippen molar-refractivity contribution in [1.82, 2.24) is 23.6 Å². The van der Waals surface area contributed by atoms with Crippen LogP contribution >= 0.6 is 0 Å². The number of rotatable bonds is 4. The Hall–Kier alpha value is -2.74. The average molecular weight is 399 g/mol. The zero-order valence-electron chi connectivity index (χ0n) is 17.1. The van der Waals surface area contributed by atoms with Gasteiger partial charge in [0.2, 0.25) is 0 Å². The Labute approximate surface area is 168 Å². The Kier molecular flexibility index (Phi) is 5.12. The quantitative estimate of drug-likeness (QED) is 0.673. The van der Waals surface area contributed by atoms with Crippen LogP contribution in [0.2, 0.25) is 0 Å². The maximum atomic E-state index is 13.3. The molecule has 1 saturated heterocycles. The van der Waals surface area contributed by atoms with Crippen molar-refractivity contribution in [2.24, 2.45) is 14.1 Å². The number of aryl methyl sites for hydroxylation is 1. The summed E-state index contributed by atoms with van der Waals surface area (Å²) in [7, 11) is 3.11. The van der Waals surface area contributed by atoms with Crippen molar-refractivity contribution in [3.8, 4) is 0 Å². The van der Waals surface area contributed by atoms with Gasteiger partial charge in [-0.25, -0.2) is 14.2 Å². The fraction of sp³-hybridized carbons (Fsp3) is 0.476. The molecule has 0 aliphatic carbocycles. The largest absolute Gasteiger partial charge is 0.332 e. The number of nitrogens with zero attached hydrogens (tertiary/aromatic N) is 5. The average Bonchev–Trinajstić information content (AvgIpc) is 3.06. The third kappa shape index (κ3) is 3.53. The number of likely N-dealkylation sites (tertiary alicyclic amines) is 1. The molecule has 3 aromatic rings. The van der Waals surface area contributed by atoms with E-state index in [1.165, 1.54) is 30.2 Å². The lowest BCUT2D eigenvalue weighted by Crippen LogP contribution is -2.38.